The number of nitrogens with zero attached hydrogens (tertiary/aromatic N) is 5. The van der Waals surface area contributed by atoms with Gasteiger partial charge in [-0.2, -0.15) is 13.2 Å². The zero-order valence-corrected chi connectivity index (χ0v) is 30.0. The van der Waals surface area contributed by atoms with Crippen molar-refractivity contribution in [1.29, 1.82) is 0 Å². The highest BCUT2D eigenvalue weighted by atomic mass is 32.2. The Morgan fingerprint density at radius 1 is 1.16 bits per heavy atom. The number of aromatic nitrogens is 4. The third-order valence-electron chi connectivity index (χ3n) is 7.64. The van der Waals surface area contributed by atoms with E-state index >= 15 is 0 Å². The Labute approximate surface area is 298 Å². The van der Waals surface area contributed by atoms with Crippen LogP contribution in [-0.2, 0) is 20.8 Å². The number of carboxylic acid groups (broad SMARTS) is 1. The molecule has 0 spiro atoms. The quantitative estimate of drug-likeness (QED) is 0.114. The summed E-state index contributed by atoms with van der Waals surface area (Å²) >= 11 is -0.292. The van der Waals surface area contributed by atoms with Gasteiger partial charge in [0.25, 0.3) is 0 Å². The fourth-order valence-electron chi connectivity index (χ4n) is 5.43. The number of thioether (sulfide) groups is 1. The number of pyridine rings is 1. The SMILES string of the molecule is COc1nn(CCOCCOCC[C@H]2CN(C)CC[C@@H]2Nc2cccn3c(SC(F)(F)F)c(C#CCNC(=O)OC(C)(C)C)nc23)cc1C(=O)O. The molecule has 18 heteroatoms. The van der Waals surface area contributed by atoms with Gasteiger partial charge in [0.2, 0.25) is 5.88 Å². The average molecular weight is 740 g/mol. The maximum absolute atomic E-state index is 13.6. The van der Waals surface area contributed by atoms with Crippen molar-refractivity contribution in [2.45, 2.75) is 62.3 Å². The molecule has 3 aromatic heterocycles. The molecule has 4 heterocycles. The summed E-state index contributed by atoms with van der Waals surface area (Å²) in [4.78, 5) is 29.9. The lowest BCUT2D eigenvalue weighted by molar-refractivity contribution is -0.0330. The van der Waals surface area contributed by atoms with E-state index in [1.54, 1.807) is 32.9 Å². The summed E-state index contributed by atoms with van der Waals surface area (Å²) < 4.78 is 65.4. The minimum atomic E-state index is -4.57. The molecule has 1 aliphatic rings. The minimum absolute atomic E-state index is 0.0111. The summed E-state index contributed by atoms with van der Waals surface area (Å²) in [6.45, 7) is 8.52. The number of carboxylic acids is 1. The normalized spacial score (nSPS) is 16.8. The predicted molar refractivity (Wildman–Crippen MR) is 183 cm³/mol. The number of alkyl carbamates (subject to hydrolysis) is 1. The van der Waals surface area contributed by atoms with Crippen LogP contribution in [0, 0.1) is 17.8 Å². The number of carbonyl (C=O) groups is 2. The zero-order valence-electron chi connectivity index (χ0n) is 29.2. The van der Waals surface area contributed by atoms with Crippen LogP contribution in [0.3, 0.4) is 0 Å². The van der Waals surface area contributed by atoms with Gasteiger partial charge in [-0.05, 0) is 71.2 Å². The van der Waals surface area contributed by atoms with Crippen molar-refractivity contribution in [1.82, 2.24) is 29.4 Å². The molecular formula is C33H44F3N7O7S. The van der Waals surface area contributed by atoms with Gasteiger partial charge in [-0.15, -0.1) is 5.10 Å². The van der Waals surface area contributed by atoms with E-state index < -0.39 is 23.2 Å². The number of hydrogen-bond acceptors (Lipinski definition) is 11. The molecule has 0 radical (unpaired) electrons. The highest BCUT2D eigenvalue weighted by Gasteiger charge is 2.34. The molecular weight excluding hydrogens is 695 g/mol. The van der Waals surface area contributed by atoms with Gasteiger partial charge in [-0.3, -0.25) is 9.08 Å². The first-order chi connectivity index (χ1) is 24.1. The van der Waals surface area contributed by atoms with Crippen molar-refractivity contribution in [3.8, 4) is 17.7 Å². The van der Waals surface area contributed by atoms with Crippen molar-refractivity contribution in [3.05, 3.63) is 35.8 Å². The second kappa shape index (κ2) is 17.8. The van der Waals surface area contributed by atoms with Crippen LogP contribution in [0.5, 0.6) is 5.88 Å². The number of fused-ring (bicyclic) bond motifs is 1. The number of amides is 1. The van der Waals surface area contributed by atoms with E-state index in [2.05, 4.69) is 37.5 Å². The fourth-order valence-corrected chi connectivity index (χ4v) is 6.09. The van der Waals surface area contributed by atoms with Crippen molar-refractivity contribution >= 4 is 35.2 Å². The Kier molecular flexibility index (Phi) is 13.9. The number of rotatable bonds is 15. The van der Waals surface area contributed by atoms with E-state index in [9.17, 15) is 27.9 Å². The summed E-state index contributed by atoms with van der Waals surface area (Å²) in [5, 5.41) is 19.1. The number of alkyl halides is 3. The Bertz CT molecular complexity index is 1700. The van der Waals surface area contributed by atoms with Crippen molar-refractivity contribution < 1.29 is 46.8 Å². The number of halogens is 3. The Morgan fingerprint density at radius 3 is 2.57 bits per heavy atom. The number of nitrogens with one attached hydrogen (secondary N) is 2. The Hall–Kier alpha value is -4.18. The van der Waals surface area contributed by atoms with E-state index in [0.717, 1.165) is 25.9 Å². The lowest BCUT2D eigenvalue weighted by Gasteiger charge is -2.37. The predicted octanol–water partition coefficient (Wildman–Crippen LogP) is 4.58. The molecule has 3 aromatic rings. The summed E-state index contributed by atoms with van der Waals surface area (Å²) in [6, 6.07) is 3.47. The molecule has 51 heavy (non-hydrogen) atoms. The van der Waals surface area contributed by atoms with Crippen molar-refractivity contribution in [3.63, 3.8) is 0 Å². The highest BCUT2D eigenvalue weighted by Crippen LogP contribution is 2.40. The maximum Gasteiger partial charge on any atom is 0.447 e. The van der Waals surface area contributed by atoms with Crippen LogP contribution < -0.4 is 15.4 Å². The zero-order chi connectivity index (χ0) is 37.2. The average Bonchev–Trinajstić information content (AvgIpc) is 3.62. The summed E-state index contributed by atoms with van der Waals surface area (Å²) in [5.74, 6) is 4.48. The van der Waals surface area contributed by atoms with E-state index in [0.29, 0.717) is 44.3 Å². The molecule has 1 fully saturated rings. The number of hydrogen-bond donors (Lipinski definition) is 3. The van der Waals surface area contributed by atoms with Crippen LogP contribution >= 0.6 is 11.8 Å². The smallest absolute Gasteiger partial charge is 0.447 e. The second-order valence-corrected chi connectivity index (χ2v) is 13.8. The Morgan fingerprint density at radius 2 is 1.90 bits per heavy atom. The van der Waals surface area contributed by atoms with Crippen LogP contribution in [0.4, 0.5) is 23.7 Å². The van der Waals surface area contributed by atoms with Crippen LogP contribution in [-0.4, -0.2) is 119 Å². The number of methoxy groups -OCH3 is 1. The van der Waals surface area contributed by atoms with Crippen LogP contribution in [0.2, 0.25) is 0 Å². The number of imidazole rings is 1. The maximum atomic E-state index is 13.6. The lowest BCUT2D eigenvalue weighted by atomic mass is 9.89. The lowest BCUT2D eigenvalue weighted by Crippen LogP contribution is -2.45. The first kappa shape index (κ1) is 39.6. The van der Waals surface area contributed by atoms with E-state index in [1.807, 2.05) is 7.05 Å². The fraction of sp³-hybridized carbons (Fsp3) is 0.576. The first-order valence-corrected chi connectivity index (χ1v) is 17.1. The van der Waals surface area contributed by atoms with Gasteiger partial charge < -0.3 is 39.6 Å². The van der Waals surface area contributed by atoms with Crippen molar-refractivity contribution in [2.75, 3.05) is 65.5 Å². The number of piperidine rings is 1. The molecule has 4 rings (SSSR count). The number of ether oxygens (including phenoxy) is 4. The summed E-state index contributed by atoms with van der Waals surface area (Å²) in [7, 11) is 3.41. The van der Waals surface area contributed by atoms with Crippen LogP contribution in [0.1, 0.15) is 49.7 Å². The molecule has 280 valence electrons. The molecule has 0 unspecified atom stereocenters. The molecule has 1 amide bonds. The Balaban J connectivity index is 1.34. The van der Waals surface area contributed by atoms with Crippen LogP contribution in [0.25, 0.3) is 5.65 Å². The number of anilines is 1. The monoisotopic (exact) mass is 739 g/mol. The molecule has 14 nitrogen and oxygen atoms in total. The third-order valence-corrected chi connectivity index (χ3v) is 8.46. The highest BCUT2D eigenvalue weighted by molar-refractivity contribution is 8.00. The summed E-state index contributed by atoms with van der Waals surface area (Å²) in [6.07, 6.45) is 3.77. The minimum Gasteiger partial charge on any atom is -0.479 e. The van der Waals surface area contributed by atoms with Gasteiger partial charge in [0.1, 0.15) is 21.9 Å². The third kappa shape index (κ3) is 12.2. The molecule has 1 aliphatic heterocycles. The molecule has 3 N–H and O–H groups in total. The van der Waals surface area contributed by atoms with Gasteiger partial charge >= 0.3 is 17.6 Å². The molecule has 2 atom stereocenters. The standard InChI is InChI=1S/C33H44F3N7O7S/c1-32(2,3)50-31(46)37-12-6-8-26-29(51-33(34,35)36)43-13-7-9-25(27(43)39-26)38-24-10-14-41(4)20-22(24)11-16-48-18-19-49-17-15-42-21-23(30(44)45)28(40-42)47-5/h7,9,13,21-22,24,38H,10-12,14-20H2,1-5H3,(H,37,46)(H,44,45)/t22-,24-/m0/s1. The number of carbonyl (C=O) groups excluding carboxylic acids is 1. The summed E-state index contributed by atoms with van der Waals surface area (Å²) in [5.41, 5.74) is -4.45. The van der Waals surface area contributed by atoms with E-state index in [4.69, 9.17) is 18.9 Å². The second-order valence-electron chi connectivity index (χ2n) is 12.8. The molecule has 1 saturated heterocycles. The van der Waals surface area contributed by atoms with Gasteiger partial charge in [-0.25, -0.2) is 14.6 Å². The van der Waals surface area contributed by atoms with Gasteiger partial charge in [0, 0.05) is 43.3 Å². The van der Waals surface area contributed by atoms with Gasteiger partial charge in [0.15, 0.2) is 5.65 Å². The topological polar surface area (TPSA) is 154 Å². The van der Waals surface area contributed by atoms with Crippen molar-refractivity contribution in [2.24, 2.45) is 5.92 Å². The van der Waals surface area contributed by atoms with Crippen LogP contribution in [0.15, 0.2) is 29.6 Å². The molecule has 0 aliphatic carbocycles. The van der Waals surface area contributed by atoms with E-state index in [-0.39, 0.29) is 52.4 Å². The van der Waals surface area contributed by atoms with E-state index in [1.165, 1.54) is 28.6 Å². The molecule has 0 saturated carbocycles. The largest absolute Gasteiger partial charge is 0.479 e. The number of aromatic carboxylic acids is 1. The first-order valence-electron chi connectivity index (χ1n) is 16.3. The van der Waals surface area contributed by atoms with Gasteiger partial charge in [0.05, 0.1) is 45.7 Å². The number of likely N-dealkylation sites (tertiary alicyclic amines) is 1. The molecule has 0 bridgehead atoms. The van der Waals surface area contributed by atoms with Gasteiger partial charge in [-0.1, -0.05) is 5.92 Å². The molecule has 0 aromatic carbocycles.